The zero-order chi connectivity index (χ0) is 11.8. The van der Waals surface area contributed by atoms with E-state index in [1.165, 1.54) is 23.8 Å². The van der Waals surface area contributed by atoms with E-state index in [4.69, 9.17) is 10.3 Å². The van der Waals surface area contributed by atoms with Crippen molar-refractivity contribution in [3.8, 4) is 0 Å². The molecule has 1 aromatic heterocycles. The van der Waals surface area contributed by atoms with E-state index in [1.807, 2.05) is 0 Å². The van der Waals surface area contributed by atoms with E-state index in [2.05, 4.69) is 36.3 Å². The molecular weight excluding hydrogens is 212 g/mol. The third-order valence-electron chi connectivity index (χ3n) is 3.75. The molecule has 0 aliphatic heterocycles. The Labute approximate surface area is 101 Å². The van der Waals surface area contributed by atoms with Gasteiger partial charge in [0.05, 0.1) is 5.69 Å². The van der Waals surface area contributed by atoms with Crippen LogP contribution >= 0.6 is 0 Å². The molecule has 2 aromatic rings. The predicted octanol–water partition coefficient (Wildman–Crippen LogP) is 3.29. The van der Waals surface area contributed by atoms with Gasteiger partial charge in [0.25, 0.3) is 0 Å². The Morgan fingerprint density at radius 1 is 1.24 bits per heavy atom. The Morgan fingerprint density at radius 3 is 2.71 bits per heavy atom. The van der Waals surface area contributed by atoms with Gasteiger partial charge in [-0.25, -0.2) is 0 Å². The monoisotopic (exact) mass is 228 g/mol. The minimum atomic E-state index is 0.293. The van der Waals surface area contributed by atoms with Crippen molar-refractivity contribution in [2.75, 3.05) is 5.73 Å². The molecule has 0 amide bonds. The summed E-state index contributed by atoms with van der Waals surface area (Å²) in [6.45, 7) is 2.28. The van der Waals surface area contributed by atoms with Gasteiger partial charge in [0.2, 0.25) is 0 Å². The SMILES string of the molecule is CC1CCC(c2nocc2N)c2ccccc21. The predicted molar refractivity (Wildman–Crippen MR) is 66.8 cm³/mol. The van der Waals surface area contributed by atoms with Crippen LogP contribution in [0, 0.1) is 0 Å². The number of benzene rings is 1. The van der Waals surface area contributed by atoms with Crippen LogP contribution in [-0.2, 0) is 0 Å². The molecule has 1 aliphatic rings. The van der Waals surface area contributed by atoms with E-state index in [0.717, 1.165) is 12.1 Å². The highest BCUT2D eigenvalue weighted by atomic mass is 16.5. The molecule has 3 nitrogen and oxygen atoms in total. The molecule has 1 heterocycles. The first-order chi connectivity index (χ1) is 8.27. The minimum Gasteiger partial charge on any atom is -0.395 e. The van der Waals surface area contributed by atoms with Crippen LogP contribution < -0.4 is 5.73 Å². The number of fused-ring (bicyclic) bond motifs is 1. The van der Waals surface area contributed by atoms with Gasteiger partial charge in [-0.05, 0) is 29.9 Å². The molecule has 2 atom stereocenters. The second-order valence-electron chi connectivity index (χ2n) is 4.82. The van der Waals surface area contributed by atoms with E-state index in [9.17, 15) is 0 Å². The third-order valence-corrected chi connectivity index (χ3v) is 3.75. The molecule has 0 saturated heterocycles. The van der Waals surface area contributed by atoms with Gasteiger partial charge in [0.1, 0.15) is 12.0 Å². The highest BCUT2D eigenvalue weighted by Gasteiger charge is 2.28. The summed E-state index contributed by atoms with van der Waals surface area (Å²) in [4.78, 5) is 0. The van der Waals surface area contributed by atoms with Gasteiger partial charge < -0.3 is 10.3 Å². The van der Waals surface area contributed by atoms with Gasteiger partial charge in [-0.1, -0.05) is 36.3 Å². The Balaban J connectivity index is 2.10. The number of nitrogens with zero attached hydrogens (tertiary/aromatic N) is 1. The zero-order valence-electron chi connectivity index (χ0n) is 9.89. The van der Waals surface area contributed by atoms with Gasteiger partial charge in [-0.2, -0.15) is 0 Å². The van der Waals surface area contributed by atoms with E-state index in [1.54, 1.807) is 0 Å². The van der Waals surface area contributed by atoms with Crippen molar-refractivity contribution in [3.05, 3.63) is 47.3 Å². The second kappa shape index (κ2) is 3.91. The number of nitrogen functional groups attached to an aromatic ring is 1. The van der Waals surface area contributed by atoms with Gasteiger partial charge >= 0.3 is 0 Å². The van der Waals surface area contributed by atoms with Crippen LogP contribution in [-0.4, -0.2) is 5.16 Å². The number of nitrogens with two attached hydrogens (primary N) is 1. The molecule has 0 bridgehead atoms. The van der Waals surface area contributed by atoms with Crippen LogP contribution in [0.3, 0.4) is 0 Å². The molecule has 88 valence electrons. The van der Waals surface area contributed by atoms with Crippen molar-refractivity contribution in [1.29, 1.82) is 0 Å². The van der Waals surface area contributed by atoms with Crippen molar-refractivity contribution >= 4 is 5.69 Å². The summed E-state index contributed by atoms with van der Waals surface area (Å²) in [6.07, 6.45) is 3.79. The summed E-state index contributed by atoms with van der Waals surface area (Å²) in [5, 5.41) is 4.06. The van der Waals surface area contributed by atoms with E-state index >= 15 is 0 Å². The van der Waals surface area contributed by atoms with Crippen molar-refractivity contribution in [1.82, 2.24) is 5.16 Å². The number of hydrogen-bond donors (Lipinski definition) is 1. The Hall–Kier alpha value is -1.77. The maximum absolute atomic E-state index is 5.91. The van der Waals surface area contributed by atoms with Crippen molar-refractivity contribution in [3.63, 3.8) is 0 Å². The molecule has 17 heavy (non-hydrogen) atoms. The number of hydrogen-bond acceptors (Lipinski definition) is 3. The highest BCUT2D eigenvalue weighted by molar-refractivity contribution is 5.48. The van der Waals surface area contributed by atoms with Crippen molar-refractivity contribution in [2.24, 2.45) is 0 Å². The lowest BCUT2D eigenvalue weighted by Crippen LogP contribution is -2.14. The second-order valence-corrected chi connectivity index (χ2v) is 4.82. The standard InChI is InChI=1S/C14H16N2O/c1-9-6-7-12(14-13(15)8-17-16-14)11-5-3-2-4-10(9)11/h2-5,8-9,12H,6-7,15H2,1H3. The molecule has 2 N–H and O–H groups in total. The number of rotatable bonds is 1. The minimum absolute atomic E-state index is 0.293. The Morgan fingerprint density at radius 2 is 2.00 bits per heavy atom. The van der Waals surface area contributed by atoms with Crippen LogP contribution in [0.1, 0.15) is 48.4 Å². The number of anilines is 1. The normalized spacial score (nSPS) is 23.4. The summed E-state index contributed by atoms with van der Waals surface area (Å²) < 4.78 is 4.97. The quantitative estimate of drug-likeness (QED) is 0.814. The summed E-state index contributed by atoms with van der Waals surface area (Å²) in [7, 11) is 0. The van der Waals surface area contributed by atoms with Crippen LogP contribution in [0.5, 0.6) is 0 Å². The molecule has 0 fully saturated rings. The fourth-order valence-corrected chi connectivity index (χ4v) is 2.81. The fourth-order valence-electron chi connectivity index (χ4n) is 2.81. The van der Waals surface area contributed by atoms with Crippen molar-refractivity contribution in [2.45, 2.75) is 31.6 Å². The topological polar surface area (TPSA) is 52.0 Å². The average Bonchev–Trinajstić information content (AvgIpc) is 2.77. The summed E-state index contributed by atoms with van der Waals surface area (Å²) in [6, 6.07) is 8.58. The first-order valence-electron chi connectivity index (χ1n) is 6.06. The van der Waals surface area contributed by atoms with Crippen LogP contribution in [0.15, 0.2) is 35.1 Å². The molecule has 0 radical (unpaired) electrons. The molecule has 1 aromatic carbocycles. The highest BCUT2D eigenvalue weighted by Crippen LogP contribution is 2.42. The maximum Gasteiger partial charge on any atom is 0.147 e. The summed E-state index contributed by atoms with van der Waals surface area (Å²) in [5.41, 5.74) is 10.2. The first kappa shape index (κ1) is 10.4. The molecule has 3 rings (SSSR count). The van der Waals surface area contributed by atoms with E-state index in [-0.39, 0.29) is 0 Å². The van der Waals surface area contributed by atoms with Gasteiger partial charge in [0, 0.05) is 5.92 Å². The average molecular weight is 228 g/mol. The molecule has 0 spiro atoms. The third kappa shape index (κ3) is 1.62. The maximum atomic E-state index is 5.91. The lowest BCUT2D eigenvalue weighted by molar-refractivity contribution is 0.402. The molecule has 3 heteroatoms. The Kier molecular flexibility index (Phi) is 2.39. The van der Waals surface area contributed by atoms with Gasteiger partial charge in [-0.3, -0.25) is 0 Å². The van der Waals surface area contributed by atoms with Crippen LogP contribution in [0.25, 0.3) is 0 Å². The smallest absolute Gasteiger partial charge is 0.147 e. The lowest BCUT2D eigenvalue weighted by atomic mass is 9.76. The van der Waals surface area contributed by atoms with E-state index < -0.39 is 0 Å². The molecular formula is C14H16N2O. The molecule has 1 aliphatic carbocycles. The van der Waals surface area contributed by atoms with E-state index in [0.29, 0.717) is 17.5 Å². The molecule has 2 unspecified atom stereocenters. The van der Waals surface area contributed by atoms with Gasteiger partial charge in [-0.15, -0.1) is 0 Å². The van der Waals surface area contributed by atoms with Gasteiger partial charge in [0.15, 0.2) is 0 Å². The first-order valence-corrected chi connectivity index (χ1v) is 6.06. The lowest BCUT2D eigenvalue weighted by Gasteiger charge is -2.28. The number of aromatic nitrogens is 1. The fraction of sp³-hybridized carbons (Fsp3) is 0.357. The molecule has 0 saturated carbocycles. The van der Waals surface area contributed by atoms with Crippen LogP contribution in [0.4, 0.5) is 5.69 Å². The van der Waals surface area contributed by atoms with Crippen molar-refractivity contribution < 1.29 is 4.52 Å². The largest absolute Gasteiger partial charge is 0.395 e. The zero-order valence-corrected chi connectivity index (χ0v) is 9.89. The van der Waals surface area contributed by atoms with Crippen LogP contribution in [0.2, 0.25) is 0 Å². The summed E-state index contributed by atoms with van der Waals surface area (Å²) >= 11 is 0. The summed E-state index contributed by atoms with van der Waals surface area (Å²) in [5.74, 6) is 0.914. The Bertz CT molecular complexity index is 533.